The van der Waals surface area contributed by atoms with Crippen LogP contribution in [0.2, 0.25) is 0 Å². The molecule has 0 radical (unpaired) electrons. The van der Waals surface area contributed by atoms with Gasteiger partial charge in [0.15, 0.2) is 17.4 Å². The van der Waals surface area contributed by atoms with E-state index in [9.17, 15) is 0 Å². The fraction of sp³-hybridized carbons (Fsp3) is 0.346. The van der Waals surface area contributed by atoms with E-state index < -0.39 is 5.82 Å². The molecule has 1 saturated heterocycles. The summed E-state index contributed by atoms with van der Waals surface area (Å²) in [5, 5.41) is 10.9. The number of allylic oxidation sites excluding steroid dienone is 1. The second-order valence-corrected chi connectivity index (χ2v) is 8.94. The maximum absolute atomic E-state index is 15.2. The van der Waals surface area contributed by atoms with E-state index in [0.717, 1.165) is 44.1 Å². The van der Waals surface area contributed by atoms with Crippen molar-refractivity contribution in [2.24, 2.45) is 0 Å². The number of fused-ring (bicyclic) bond motifs is 1. The van der Waals surface area contributed by atoms with Crippen molar-refractivity contribution in [3.8, 4) is 11.8 Å². The molecule has 5 rings (SSSR count). The van der Waals surface area contributed by atoms with Gasteiger partial charge in [-0.05, 0) is 38.1 Å². The van der Waals surface area contributed by atoms with E-state index in [1.165, 1.54) is 0 Å². The zero-order valence-corrected chi connectivity index (χ0v) is 21.2. The summed E-state index contributed by atoms with van der Waals surface area (Å²) in [7, 11) is 1.71. The van der Waals surface area contributed by atoms with Gasteiger partial charge in [0.2, 0.25) is 0 Å². The average molecular weight is 507 g/mol. The molecule has 10 nitrogen and oxygen atoms in total. The fourth-order valence-corrected chi connectivity index (χ4v) is 4.37. The monoisotopic (exact) mass is 506 g/mol. The molecule has 0 amide bonds. The van der Waals surface area contributed by atoms with Gasteiger partial charge < -0.3 is 24.7 Å². The highest BCUT2D eigenvalue weighted by molar-refractivity contribution is 5.82. The number of nitrogens with zero attached hydrogens (tertiary/aromatic N) is 5. The number of halogens is 1. The number of piperazine rings is 1. The first-order chi connectivity index (χ1) is 18.0. The topological polar surface area (TPSA) is 107 Å². The number of nitrogens with one attached hydrogen (secondary N) is 3. The minimum atomic E-state index is -0.458. The second-order valence-electron chi connectivity index (χ2n) is 8.94. The van der Waals surface area contributed by atoms with Crippen LogP contribution < -0.4 is 15.0 Å². The summed E-state index contributed by atoms with van der Waals surface area (Å²) >= 11 is 0. The van der Waals surface area contributed by atoms with Gasteiger partial charge in [0.25, 0.3) is 0 Å². The lowest BCUT2D eigenvalue weighted by Gasteiger charge is -2.35. The summed E-state index contributed by atoms with van der Waals surface area (Å²) < 4.78 is 26.3. The SMILES string of the molecule is C/C=C/c1cc(Nc2cc(N3CCN(CCOC)CC3)nc(Oc3ccc4[nH]c(C)cc4c3F)n2)n[nH]1. The van der Waals surface area contributed by atoms with Gasteiger partial charge in [-0.1, -0.05) is 6.08 Å². The zero-order chi connectivity index (χ0) is 25.8. The third-order valence-corrected chi connectivity index (χ3v) is 6.24. The van der Waals surface area contributed by atoms with Crippen LogP contribution in [0.4, 0.5) is 21.8 Å². The average Bonchev–Trinajstić information content (AvgIpc) is 3.50. The Morgan fingerprint density at radius 2 is 1.95 bits per heavy atom. The van der Waals surface area contributed by atoms with Gasteiger partial charge >= 0.3 is 6.01 Å². The van der Waals surface area contributed by atoms with E-state index in [2.05, 4.69) is 40.3 Å². The highest BCUT2D eigenvalue weighted by atomic mass is 19.1. The third-order valence-electron chi connectivity index (χ3n) is 6.24. The molecule has 0 atom stereocenters. The van der Waals surface area contributed by atoms with Crippen LogP contribution in [0.25, 0.3) is 17.0 Å². The molecular weight excluding hydrogens is 475 g/mol. The summed E-state index contributed by atoms with van der Waals surface area (Å²) in [6, 6.07) is 8.91. The number of methoxy groups -OCH3 is 1. The normalized spacial score (nSPS) is 14.6. The van der Waals surface area contributed by atoms with Crippen LogP contribution in [0.1, 0.15) is 18.3 Å². The lowest BCUT2D eigenvalue weighted by Crippen LogP contribution is -2.47. The summed E-state index contributed by atoms with van der Waals surface area (Å²) in [5.41, 5.74) is 2.44. The molecule has 0 saturated carbocycles. The Morgan fingerprint density at radius 3 is 2.73 bits per heavy atom. The van der Waals surface area contributed by atoms with E-state index in [-0.39, 0.29) is 11.8 Å². The standard InChI is InChI=1S/C26H31FN8O2/c1-4-5-18-15-23(33-32-18)29-22-16-24(35-10-8-34(9-11-35)12-13-36-3)31-26(30-22)37-21-7-6-20-19(25(21)27)14-17(2)28-20/h4-7,14-16,28H,8-13H2,1-3H3,(H2,29,30,31,32,33)/b5-4+. The second kappa shape index (κ2) is 11.0. The molecule has 4 heterocycles. The lowest BCUT2D eigenvalue weighted by molar-refractivity contribution is 0.144. The lowest BCUT2D eigenvalue weighted by atomic mass is 10.2. The van der Waals surface area contributed by atoms with E-state index in [1.54, 1.807) is 25.3 Å². The molecule has 3 N–H and O–H groups in total. The Kier molecular flexibility index (Phi) is 7.33. The Balaban J connectivity index is 1.42. The Morgan fingerprint density at radius 1 is 1.11 bits per heavy atom. The number of aromatic nitrogens is 5. The summed E-state index contributed by atoms with van der Waals surface area (Å²) in [4.78, 5) is 16.8. The number of H-pyrrole nitrogens is 2. The first-order valence-corrected chi connectivity index (χ1v) is 12.3. The molecule has 37 heavy (non-hydrogen) atoms. The van der Waals surface area contributed by atoms with Crippen LogP contribution in [-0.2, 0) is 4.74 Å². The Hall–Kier alpha value is -3.96. The molecule has 1 aliphatic heterocycles. The van der Waals surface area contributed by atoms with Crippen LogP contribution in [0, 0.1) is 12.7 Å². The number of anilines is 3. The number of aryl methyl sites for hydroxylation is 1. The van der Waals surface area contributed by atoms with E-state index in [4.69, 9.17) is 9.47 Å². The molecule has 1 aliphatic rings. The van der Waals surface area contributed by atoms with Crippen LogP contribution in [-0.4, -0.2) is 76.5 Å². The summed E-state index contributed by atoms with van der Waals surface area (Å²) in [6.45, 7) is 8.77. The molecule has 0 aliphatic carbocycles. The minimum Gasteiger partial charge on any atom is -0.421 e. The van der Waals surface area contributed by atoms with Crippen molar-refractivity contribution in [2.45, 2.75) is 13.8 Å². The quantitative estimate of drug-likeness (QED) is 0.305. The molecule has 0 unspecified atom stereocenters. The maximum atomic E-state index is 15.2. The number of aromatic amines is 2. The molecule has 0 spiro atoms. The maximum Gasteiger partial charge on any atom is 0.326 e. The Bertz CT molecular complexity index is 1390. The van der Waals surface area contributed by atoms with Gasteiger partial charge in [0, 0.05) is 68.6 Å². The smallest absolute Gasteiger partial charge is 0.326 e. The largest absolute Gasteiger partial charge is 0.421 e. The molecule has 11 heteroatoms. The van der Waals surface area contributed by atoms with Crippen molar-refractivity contribution in [1.29, 1.82) is 0 Å². The van der Waals surface area contributed by atoms with Gasteiger partial charge in [0.05, 0.1) is 12.3 Å². The van der Waals surface area contributed by atoms with Crippen molar-refractivity contribution >= 4 is 34.4 Å². The van der Waals surface area contributed by atoms with E-state index in [1.807, 2.05) is 38.1 Å². The molecule has 194 valence electrons. The number of benzene rings is 1. The van der Waals surface area contributed by atoms with E-state index in [0.29, 0.717) is 35.0 Å². The van der Waals surface area contributed by atoms with Crippen LogP contribution >= 0.6 is 0 Å². The van der Waals surface area contributed by atoms with Crippen molar-refractivity contribution in [3.63, 3.8) is 0 Å². The van der Waals surface area contributed by atoms with Crippen LogP contribution in [0.5, 0.6) is 11.8 Å². The van der Waals surface area contributed by atoms with Crippen molar-refractivity contribution in [1.82, 2.24) is 30.0 Å². The number of ether oxygens (including phenoxy) is 2. The number of hydrogen-bond acceptors (Lipinski definition) is 8. The van der Waals surface area contributed by atoms with Crippen molar-refractivity contribution < 1.29 is 13.9 Å². The zero-order valence-electron chi connectivity index (χ0n) is 21.2. The molecule has 3 aromatic heterocycles. The summed E-state index contributed by atoms with van der Waals surface area (Å²) in [6.07, 6.45) is 3.85. The minimum absolute atomic E-state index is 0.0523. The molecule has 1 aromatic carbocycles. The molecule has 4 aromatic rings. The van der Waals surface area contributed by atoms with Crippen molar-refractivity contribution in [2.75, 3.05) is 56.7 Å². The molecule has 0 bridgehead atoms. The third kappa shape index (κ3) is 5.73. The van der Waals surface area contributed by atoms with Crippen molar-refractivity contribution in [3.05, 3.63) is 53.6 Å². The van der Waals surface area contributed by atoms with Crippen LogP contribution in [0.15, 0.2) is 36.4 Å². The first kappa shape index (κ1) is 24.7. The molecular formula is C26H31FN8O2. The predicted molar refractivity (Wildman–Crippen MR) is 142 cm³/mol. The fourth-order valence-electron chi connectivity index (χ4n) is 4.37. The summed E-state index contributed by atoms with van der Waals surface area (Å²) in [5.74, 6) is 1.40. The highest BCUT2D eigenvalue weighted by Crippen LogP contribution is 2.31. The highest BCUT2D eigenvalue weighted by Gasteiger charge is 2.21. The van der Waals surface area contributed by atoms with Gasteiger partial charge in [-0.25, -0.2) is 4.39 Å². The van der Waals surface area contributed by atoms with Gasteiger partial charge in [-0.2, -0.15) is 15.1 Å². The van der Waals surface area contributed by atoms with Gasteiger partial charge in [-0.15, -0.1) is 0 Å². The first-order valence-electron chi connectivity index (χ1n) is 12.3. The molecule has 1 fully saturated rings. The predicted octanol–water partition coefficient (Wildman–Crippen LogP) is 4.47. The van der Waals surface area contributed by atoms with Crippen LogP contribution in [0.3, 0.4) is 0 Å². The number of hydrogen-bond donors (Lipinski definition) is 3. The van der Waals surface area contributed by atoms with E-state index >= 15 is 4.39 Å². The number of rotatable bonds is 9. The van der Waals surface area contributed by atoms with Gasteiger partial charge in [0.1, 0.15) is 11.6 Å². The van der Waals surface area contributed by atoms with Gasteiger partial charge in [-0.3, -0.25) is 10.00 Å². The Labute approximate surface area is 214 Å².